The van der Waals surface area contributed by atoms with Crippen LogP contribution in [0, 0.1) is 23.7 Å². The molecule has 1 aromatic carbocycles. The molecule has 3 heteroatoms. The molecule has 76 valence electrons. The van der Waals surface area contributed by atoms with Crippen LogP contribution in [0.4, 0.5) is 0 Å². The highest BCUT2D eigenvalue weighted by molar-refractivity contribution is 6.31. The molecule has 0 bridgehead atoms. The van der Waals surface area contributed by atoms with Crippen LogP contribution in [0.3, 0.4) is 0 Å². The van der Waals surface area contributed by atoms with E-state index in [9.17, 15) is 0 Å². The van der Waals surface area contributed by atoms with Gasteiger partial charge in [-0.1, -0.05) is 17.5 Å². The second-order valence-corrected chi connectivity index (χ2v) is 3.92. The van der Waals surface area contributed by atoms with E-state index in [4.69, 9.17) is 28.0 Å². The van der Waals surface area contributed by atoms with E-state index in [0.29, 0.717) is 16.3 Å². The van der Waals surface area contributed by atoms with Crippen molar-refractivity contribution in [2.24, 2.45) is 0 Å². The Morgan fingerprint density at radius 2 is 2.13 bits per heavy atom. The first kappa shape index (κ1) is 11.4. The van der Waals surface area contributed by atoms with Gasteiger partial charge < -0.3 is 4.74 Å². The highest BCUT2D eigenvalue weighted by atomic mass is 35.5. The molecule has 0 heterocycles. The van der Waals surface area contributed by atoms with E-state index in [-0.39, 0.29) is 0 Å². The number of nitrogens with zero attached hydrogens (tertiary/aromatic N) is 1. The lowest BCUT2D eigenvalue weighted by atomic mass is 10.1. The van der Waals surface area contributed by atoms with Gasteiger partial charge in [-0.25, -0.2) is 0 Å². The van der Waals surface area contributed by atoms with Gasteiger partial charge in [0.15, 0.2) is 5.60 Å². The van der Waals surface area contributed by atoms with Gasteiger partial charge >= 0.3 is 0 Å². The van der Waals surface area contributed by atoms with E-state index in [1.165, 1.54) is 0 Å². The van der Waals surface area contributed by atoms with Gasteiger partial charge in [0, 0.05) is 6.07 Å². The Kier molecular flexibility index (Phi) is 3.24. The van der Waals surface area contributed by atoms with Crippen LogP contribution in [0.15, 0.2) is 18.2 Å². The molecule has 0 amide bonds. The third-order valence-corrected chi connectivity index (χ3v) is 2.09. The fraction of sp³-hybridized carbons (Fsp3) is 0.250. The average Bonchev–Trinajstić information content (AvgIpc) is 2.17. The van der Waals surface area contributed by atoms with E-state index < -0.39 is 5.60 Å². The number of benzene rings is 1. The largest absolute Gasteiger partial charge is 0.475 e. The van der Waals surface area contributed by atoms with E-state index in [2.05, 4.69) is 5.92 Å². The van der Waals surface area contributed by atoms with Crippen LogP contribution in [0.5, 0.6) is 5.75 Å². The normalized spacial score (nSPS) is 10.2. The second-order valence-electron chi connectivity index (χ2n) is 3.51. The smallest absolute Gasteiger partial charge is 0.163 e. The summed E-state index contributed by atoms with van der Waals surface area (Å²) in [6, 6.07) is 6.83. The molecule has 0 radical (unpaired) electrons. The van der Waals surface area contributed by atoms with Crippen LogP contribution in [0.1, 0.15) is 19.4 Å². The summed E-state index contributed by atoms with van der Waals surface area (Å²) in [6.45, 7) is 3.55. The van der Waals surface area contributed by atoms with Gasteiger partial charge in [0.2, 0.25) is 0 Å². The Hall–Kier alpha value is -1.64. The second kappa shape index (κ2) is 4.26. The fourth-order valence-corrected chi connectivity index (χ4v) is 1.19. The molecule has 0 atom stereocenters. The summed E-state index contributed by atoms with van der Waals surface area (Å²) >= 11 is 5.85. The molecular weight excluding hydrogens is 210 g/mol. The monoisotopic (exact) mass is 219 g/mol. The maximum Gasteiger partial charge on any atom is 0.163 e. The molecular formula is C12H10ClNO. The molecule has 2 nitrogen and oxygen atoms in total. The van der Waals surface area contributed by atoms with Gasteiger partial charge in [0.1, 0.15) is 11.8 Å². The first-order valence-electron chi connectivity index (χ1n) is 4.35. The van der Waals surface area contributed by atoms with E-state index in [0.717, 1.165) is 0 Å². The minimum Gasteiger partial charge on any atom is -0.475 e. The van der Waals surface area contributed by atoms with Crippen molar-refractivity contribution in [3.05, 3.63) is 28.8 Å². The van der Waals surface area contributed by atoms with E-state index in [1.807, 2.05) is 6.07 Å². The maximum atomic E-state index is 8.68. The van der Waals surface area contributed by atoms with Gasteiger partial charge in [-0.05, 0) is 26.0 Å². The maximum absolute atomic E-state index is 8.68. The van der Waals surface area contributed by atoms with E-state index in [1.54, 1.807) is 32.0 Å². The summed E-state index contributed by atoms with van der Waals surface area (Å²) in [5, 5.41) is 9.04. The minimum atomic E-state index is -0.683. The molecule has 0 aliphatic heterocycles. The molecule has 0 saturated heterocycles. The third kappa shape index (κ3) is 2.91. The fourth-order valence-electron chi connectivity index (χ4n) is 0.974. The lowest BCUT2D eigenvalue weighted by Crippen LogP contribution is -2.25. The third-order valence-electron chi connectivity index (χ3n) is 1.78. The van der Waals surface area contributed by atoms with Gasteiger partial charge in [-0.3, -0.25) is 0 Å². The zero-order valence-corrected chi connectivity index (χ0v) is 9.30. The number of hydrogen-bond donors (Lipinski definition) is 0. The van der Waals surface area contributed by atoms with E-state index >= 15 is 0 Å². The lowest BCUT2D eigenvalue weighted by molar-refractivity contribution is 0.172. The number of rotatable bonds is 2. The van der Waals surface area contributed by atoms with Crippen molar-refractivity contribution in [1.29, 1.82) is 5.26 Å². The Bertz CT molecular complexity index is 452. The number of nitriles is 1. The number of halogens is 1. The predicted molar refractivity (Wildman–Crippen MR) is 59.7 cm³/mol. The van der Waals surface area contributed by atoms with Crippen molar-refractivity contribution in [1.82, 2.24) is 0 Å². The standard InChI is InChI=1S/C12H10ClNO/c1-4-12(2,3)15-10-6-5-9(8-14)11(13)7-10/h1,5-7H,2-3H3. The highest BCUT2D eigenvalue weighted by Gasteiger charge is 2.16. The zero-order valence-electron chi connectivity index (χ0n) is 8.54. The van der Waals surface area contributed by atoms with Crippen molar-refractivity contribution < 1.29 is 4.74 Å². The molecule has 0 aliphatic carbocycles. The molecule has 15 heavy (non-hydrogen) atoms. The molecule has 0 N–H and O–H groups in total. The predicted octanol–water partition coefficient (Wildman–Crippen LogP) is 3.00. The van der Waals surface area contributed by atoms with Crippen molar-refractivity contribution in [2.45, 2.75) is 19.4 Å². The van der Waals surface area contributed by atoms with Crippen molar-refractivity contribution >= 4 is 11.6 Å². The summed E-state index contributed by atoms with van der Waals surface area (Å²) < 4.78 is 5.50. The van der Waals surface area contributed by atoms with Crippen LogP contribution in [0.25, 0.3) is 0 Å². The SMILES string of the molecule is C#CC(C)(C)Oc1ccc(C#N)c(Cl)c1. The quantitative estimate of drug-likeness (QED) is 0.717. The van der Waals surface area contributed by atoms with Crippen LogP contribution in [-0.4, -0.2) is 5.60 Å². The Morgan fingerprint density at radius 1 is 1.47 bits per heavy atom. The minimum absolute atomic E-state index is 0.364. The molecule has 0 spiro atoms. The molecule has 0 unspecified atom stereocenters. The number of ether oxygens (including phenoxy) is 1. The Morgan fingerprint density at radius 3 is 2.60 bits per heavy atom. The molecule has 0 saturated carbocycles. The van der Waals surface area contributed by atoms with Crippen molar-refractivity contribution in [3.8, 4) is 24.2 Å². The summed E-state index contributed by atoms with van der Waals surface area (Å²) in [4.78, 5) is 0. The average molecular weight is 220 g/mol. The van der Waals surface area contributed by atoms with Gasteiger partial charge in [0.05, 0.1) is 10.6 Å². The Balaban J connectivity index is 2.97. The van der Waals surface area contributed by atoms with Crippen molar-refractivity contribution in [2.75, 3.05) is 0 Å². The van der Waals surface area contributed by atoms with Crippen LogP contribution in [-0.2, 0) is 0 Å². The highest BCUT2D eigenvalue weighted by Crippen LogP contribution is 2.24. The summed E-state index contributed by atoms with van der Waals surface area (Å²) in [7, 11) is 0. The summed E-state index contributed by atoms with van der Waals surface area (Å²) in [5.41, 5.74) is -0.264. The number of terminal acetylenes is 1. The van der Waals surface area contributed by atoms with Gasteiger partial charge in [0.25, 0.3) is 0 Å². The van der Waals surface area contributed by atoms with Crippen LogP contribution < -0.4 is 4.74 Å². The Labute approximate surface area is 94.4 Å². The first-order valence-corrected chi connectivity index (χ1v) is 4.73. The molecule has 0 fully saturated rings. The summed E-state index contributed by atoms with van der Waals surface area (Å²) in [5.74, 6) is 3.06. The number of hydrogen-bond acceptors (Lipinski definition) is 2. The lowest BCUT2D eigenvalue weighted by Gasteiger charge is -2.20. The van der Waals surface area contributed by atoms with Crippen molar-refractivity contribution in [3.63, 3.8) is 0 Å². The topological polar surface area (TPSA) is 33.0 Å². The zero-order chi connectivity index (χ0) is 11.5. The van der Waals surface area contributed by atoms with Gasteiger partial charge in [-0.15, -0.1) is 6.42 Å². The van der Waals surface area contributed by atoms with Gasteiger partial charge in [-0.2, -0.15) is 5.26 Å². The molecule has 1 rings (SSSR count). The molecule has 0 aliphatic rings. The first-order chi connectivity index (χ1) is 6.98. The van der Waals surface area contributed by atoms with Crippen LogP contribution >= 0.6 is 11.6 Å². The summed E-state index contributed by atoms with van der Waals surface area (Å²) in [6.07, 6.45) is 5.29. The molecule has 1 aromatic rings. The van der Waals surface area contributed by atoms with Crippen LogP contribution in [0.2, 0.25) is 5.02 Å². The molecule has 0 aromatic heterocycles.